The van der Waals surface area contributed by atoms with Crippen molar-refractivity contribution in [2.45, 2.75) is 18.9 Å². The first kappa shape index (κ1) is 20.9. The number of para-hydroxylation sites is 1. The molecule has 4 heterocycles. The van der Waals surface area contributed by atoms with Crippen LogP contribution in [0.4, 0.5) is 5.69 Å². The van der Waals surface area contributed by atoms with E-state index in [1.165, 1.54) is 24.8 Å². The molecule has 1 fully saturated rings. The number of hydrogen-bond acceptors (Lipinski definition) is 6. The molecule has 2 bridgehead atoms. The van der Waals surface area contributed by atoms with Crippen LogP contribution in [-0.4, -0.2) is 50.9 Å². The standard InChI is InChI=1S/C24H23N5O4/c30-21-7-6-20(27-24(32)18-9-25-15-26-10-18)23-17-8-16(12-29(21)23)11-28(13-17)22(31)14-33-19-4-2-1-3-5-19/h1-7,9-10,15-17H,8,11-14H2,(H,27,32)/t16-,17-/m1/s1. The molecule has 2 aliphatic heterocycles. The summed E-state index contributed by atoms with van der Waals surface area (Å²) in [4.78, 5) is 47.8. The van der Waals surface area contributed by atoms with E-state index >= 15 is 0 Å². The monoisotopic (exact) mass is 445 g/mol. The van der Waals surface area contributed by atoms with Gasteiger partial charge in [-0.05, 0) is 30.5 Å². The third-order valence-electron chi connectivity index (χ3n) is 6.12. The molecule has 0 unspecified atom stereocenters. The van der Waals surface area contributed by atoms with E-state index in [9.17, 15) is 14.4 Å². The highest BCUT2D eigenvalue weighted by atomic mass is 16.5. The highest BCUT2D eigenvalue weighted by Gasteiger charge is 2.38. The van der Waals surface area contributed by atoms with Crippen LogP contribution in [0.3, 0.4) is 0 Å². The summed E-state index contributed by atoms with van der Waals surface area (Å²) in [6.45, 7) is 1.51. The molecule has 168 valence electrons. The maximum atomic E-state index is 12.9. The van der Waals surface area contributed by atoms with E-state index < -0.39 is 0 Å². The third kappa shape index (κ3) is 4.34. The number of anilines is 1. The van der Waals surface area contributed by atoms with E-state index in [-0.39, 0.29) is 35.8 Å². The first-order valence-corrected chi connectivity index (χ1v) is 10.8. The molecule has 33 heavy (non-hydrogen) atoms. The number of ether oxygens (including phenoxy) is 1. The van der Waals surface area contributed by atoms with Gasteiger partial charge in [-0.15, -0.1) is 0 Å². The second-order valence-corrected chi connectivity index (χ2v) is 8.36. The van der Waals surface area contributed by atoms with Crippen LogP contribution in [0.1, 0.15) is 28.4 Å². The van der Waals surface area contributed by atoms with Gasteiger partial charge >= 0.3 is 0 Å². The molecule has 2 aromatic heterocycles. The van der Waals surface area contributed by atoms with E-state index in [0.29, 0.717) is 36.6 Å². The first-order chi connectivity index (χ1) is 16.1. The molecule has 2 atom stereocenters. The minimum atomic E-state index is -0.348. The number of likely N-dealkylation sites (tertiary alicyclic amines) is 1. The summed E-state index contributed by atoms with van der Waals surface area (Å²) in [5.74, 6) is 0.318. The summed E-state index contributed by atoms with van der Waals surface area (Å²) in [5, 5.41) is 2.90. The van der Waals surface area contributed by atoms with E-state index in [2.05, 4.69) is 15.3 Å². The number of piperidine rings is 1. The lowest BCUT2D eigenvalue weighted by atomic mass is 9.82. The molecule has 1 N–H and O–H groups in total. The fourth-order valence-electron chi connectivity index (χ4n) is 4.69. The zero-order valence-corrected chi connectivity index (χ0v) is 17.9. The molecule has 0 radical (unpaired) electrons. The molecule has 1 aromatic carbocycles. The number of carbonyl (C=O) groups excluding carboxylic acids is 2. The number of pyridine rings is 1. The number of aromatic nitrogens is 3. The van der Waals surface area contributed by atoms with Gasteiger partial charge in [-0.1, -0.05) is 18.2 Å². The molecule has 3 aromatic rings. The lowest BCUT2D eigenvalue weighted by Crippen LogP contribution is -2.50. The van der Waals surface area contributed by atoms with Crippen molar-refractivity contribution in [3.05, 3.63) is 82.8 Å². The van der Waals surface area contributed by atoms with Crippen molar-refractivity contribution in [2.24, 2.45) is 5.92 Å². The summed E-state index contributed by atoms with van der Waals surface area (Å²) in [6.07, 6.45) is 5.08. The summed E-state index contributed by atoms with van der Waals surface area (Å²) in [6, 6.07) is 12.3. The Bertz CT molecular complexity index is 1230. The van der Waals surface area contributed by atoms with Crippen LogP contribution < -0.4 is 15.6 Å². The van der Waals surface area contributed by atoms with Crippen LogP contribution >= 0.6 is 0 Å². The highest BCUT2D eigenvalue weighted by Crippen LogP contribution is 2.38. The molecular formula is C24H23N5O4. The van der Waals surface area contributed by atoms with Gasteiger partial charge < -0.3 is 19.5 Å². The van der Waals surface area contributed by atoms with Gasteiger partial charge in [-0.2, -0.15) is 0 Å². The van der Waals surface area contributed by atoms with Gasteiger partial charge in [0.05, 0.1) is 11.3 Å². The minimum absolute atomic E-state index is 0.0390. The Labute approximate surface area is 190 Å². The van der Waals surface area contributed by atoms with Crippen LogP contribution in [0.2, 0.25) is 0 Å². The van der Waals surface area contributed by atoms with Crippen LogP contribution in [0.5, 0.6) is 5.75 Å². The Kier molecular flexibility index (Phi) is 5.60. The summed E-state index contributed by atoms with van der Waals surface area (Å²) in [5.41, 5.74) is 1.55. The fraction of sp³-hybridized carbons (Fsp3) is 0.292. The first-order valence-electron chi connectivity index (χ1n) is 10.8. The Morgan fingerprint density at radius 1 is 1.03 bits per heavy atom. The molecule has 2 aliphatic rings. The van der Waals surface area contributed by atoms with Gasteiger partial charge in [0.25, 0.3) is 17.4 Å². The van der Waals surface area contributed by atoms with Crippen LogP contribution in [0.15, 0.2) is 66.0 Å². The van der Waals surface area contributed by atoms with Crippen molar-refractivity contribution >= 4 is 17.5 Å². The molecule has 5 rings (SSSR count). The lowest BCUT2D eigenvalue weighted by molar-refractivity contribution is -0.136. The molecule has 0 aliphatic carbocycles. The Morgan fingerprint density at radius 3 is 2.61 bits per heavy atom. The third-order valence-corrected chi connectivity index (χ3v) is 6.12. The van der Waals surface area contributed by atoms with Crippen LogP contribution in [-0.2, 0) is 11.3 Å². The quantitative estimate of drug-likeness (QED) is 0.643. The van der Waals surface area contributed by atoms with Gasteiger partial charge in [-0.3, -0.25) is 14.4 Å². The summed E-state index contributed by atoms with van der Waals surface area (Å²) < 4.78 is 7.38. The predicted octanol–water partition coefficient (Wildman–Crippen LogP) is 1.92. The van der Waals surface area contributed by atoms with E-state index in [1.807, 2.05) is 30.3 Å². The average molecular weight is 445 g/mol. The normalized spacial score (nSPS) is 18.8. The maximum Gasteiger partial charge on any atom is 0.260 e. The van der Waals surface area contributed by atoms with E-state index in [1.54, 1.807) is 15.5 Å². The number of carbonyl (C=O) groups is 2. The molecule has 2 amide bonds. The fourth-order valence-corrected chi connectivity index (χ4v) is 4.69. The van der Waals surface area contributed by atoms with Gasteiger partial charge in [0.1, 0.15) is 12.1 Å². The average Bonchev–Trinajstić information content (AvgIpc) is 2.85. The van der Waals surface area contributed by atoms with Crippen molar-refractivity contribution in [2.75, 3.05) is 25.0 Å². The second kappa shape index (κ2) is 8.85. The predicted molar refractivity (Wildman–Crippen MR) is 120 cm³/mol. The Morgan fingerprint density at radius 2 is 1.82 bits per heavy atom. The van der Waals surface area contributed by atoms with E-state index in [4.69, 9.17) is 4.74 Å². The zero-order chi connectivity index (χ0) is 22.8. The van der Waals surface area contributed by atoms with Crippen molar-refractivity contribution in [3.63, 3.8) is 0 Å². The number of benzene rings is 1. The van der Waals surface area contributed by atoms with Gasteiger partial charge in [0, 0.05) is 49.7 Å². The van der Waals surface area contributed by atoms with Crippen LogP contribution in [0, 0.1) is 5.92 Å². The summed E-state index contributed by atoms with van der Waals surface area (Å²) in [7, 11) is 0. The number of nitrogens with zero attached hydrogens (tertiary/aromatic N) is 4. The van der Waals surface area contributed by atoms with Crippen molar-refractivity contribution < 1.29 is 14.3 Å². The molecule has 9 nitrogen and oxygen atoms in total. The molecule has 9 heteroatoms. The highest BCUT2D eigenvalue weighted by molar-refractivity contribution is 6.04. The van der Waals surface area contributed by atoms with Crippen molar-refractivity contribution in [3.8, 4) is 5.75 Å². The number of rotatable bonds is 5. The number of nitrogens with one attached hydrogen (secondary N) is 1. The number of amides is 2. The lowest BCUT2D eigenvalue weighted by Gasteiger charge is -2.43. The number of hydrogen-bond donors (Lipinski definition) is 1. The largest absolute Gasteiger partial charge is 0.484 e. The van der Waals surface area contributed by atoms with Gasteiger partial charge in [0.2, 0.25) is 0 Å². The van der Waals surface area contributed by atoms with Crippen LogP contribution in [0.25, 0.3) is 0 Å². The van der Waals surface area contributed by atoms with E-state index in [0.717, 1.165) is 12.1 Å². The molecule has 0 spiro atoms. The SMILES string of the molecule is O=C(Nc1ccc(=O)n2c1[C@@H]1C[C@H](CN(C(=O)COc3ccccc3)C1)C2)c1cncnc1. The Hall–Kier alpha value is -4.01. The van der Waals surface area contributed by atoms with Crippen molar-refractivity contribution in [1.29, 1.82) is 0 Å². The second-order valence-electron chi connectivity index (χ2n) is 8.36. The molecular weight excluding hydrogens is 422 g/mol. The van der Waals surface area contributed by atoms with Gasteiger partial charge in [-0.25, -0.2) is 9.97 Å². The molecule has 1 saturated heterocycles. The minimum Gasteiger partial charge on any atom is -0.484 e. The zero-order valence-electron chi connectivity index (χ0n) is 17.9. The van der Waals surface area contributed by atoms with Gasteiger partial charge in [0.15, 0.2) is 6.61 Å². The molecule has 0 saturated carbocycles. The van der Waals surface area contributed by atoms with Crippen molar-refractivity contribution in [1.82, 2.24) is 19.4 Å². The summed E-state index contributed by atoms with van der Waals surface area (Å²) >= 11 is 0. The topological polar surface area (TPSA) is 106 Å². The Balaban J connectivity index is 1.36. The number of fused-ring (bicyclic) bond motifs is 4. The smallest absolute Gasteiger partial charge is 0.260 e. The maximum absolute atomic E-state index is 12.9.